The number of nitroso groups, excluding NO2 is 1. The largest absolute Gasteiger partial charge is 0.424 e. The van der Waals surface area contributed by atoms with Crippen LogP contribution in [0.15, 0.2) is 16.0 Å². The van der Waals surface area contributed by atoms with Gasteiger partial charge in [0.25, 0.3) is 13.6 Å². The molecule has 1 aromatic rings. The minimum absolute atomic E-state index is 0.0122. The molecular weight excluding hydrogens is 241 g/mol. The number of amides is 2. The molecule has 0 aliphatic heterocycles. The van der Waals surface area contributed by atoms with Crippen molar-refractivity contribution in [3.63, 3.8) is 0 Å². The number of aromatic amines is 1. The summed E-state index contributed by atoms with van der Waals surface area (Å²) in [6, 6.07) is 0.590. The zero-order chi connectivity index (χ0) is 13.5. The molecule has 0 aromatic carbocycles. The zero-order valence-electron chi connectivity index (χ0n) is 9.47. The third-order valence-electron chi connectivity index (χ3n) is 1.81. The lowest BCUT2D eigenvalue weighted by Gasteiger charge is -2.09. The van der Waals surface area contributed by atoms with Crippen molar-refractivity contribution in [2.75, 3.05) is 11.9 Å². The molecule has 2 radical (unpaired) electrons. The van der Waals surface area contributed by atoms with Crippen LogP contribution in [0.1, 0.15) is 5.69 Å². The molecule has 0 aliphatic rings. The summed E-state index contributed by atoms with van der Waals surface area (Å²) in [5.74, 6) is -0.0122. The molecule has 94 valence electrons. The molecule has 0 bridgehead atoms. The first-order chi connectivity index (χ1) is 8.55. The first-order valence-electron chi connectivity index (χ1n) is 4.86. The third-order valence-corrected chi connectivity index (χ3v) is 1.81. The second-order valence-electron chi connectivity index (χ2n) is 3.27. The van der Waals surface area contributed by atoms with Crippen LogP contribution in [-0.4, -0.2) is 36.8 Å². The fourth-order valence-corrected chi connectivity index (χ4v) is 1.08. The Kier molecular flexibility index (Phi) is 4.99. The molecule has 2 amide bonds. The van der Waals surface area contributed by atoms with Crippen LogP contribution < -0.4 is 16.2 Å². The van der Waals surface area contributed by atoms with Gasteiger partial charge in [0.2, 0.25) is 5.95 Å². The molecule has 1 rings (SSSR count). The van der Waals surface area contributed by atoms with Crippen LogP contribution in [0.25, 0.3) is 0 Å². The Morgan fingerprint density at radius 1 is 1.72 bits per heavy atom. The SMILES string of the molecule is [B]OC(CNC(=O)Nc1nc(C)cc(=O)[nH]1)N=O. The summed E-state index contributed by atoms with van der Waals surface area (Å²) in [6.07, 6.45) is -1.18. The third kappa shape index (κ3) is 4.33. The summed E-state index contributed by atoms with van der Waals surface area (Å²) < 4.78 is 4.14. The number of aromatic nitrogens is 2. The highest BCUT2D eigenvalue weighted by atomic mass is 16.5. The molecule has 1 aromatic heterocycles. The summed E-state index contributed by atoms with van der Waals surface area (Å²) in [4.78, 5) is 38.7. The molecule has 0 aliphatic carbocycles. The van der Waals surface area contributed by atoms with Crippen LogP contribution in [0.4, 0.5) is 10.7 Å². The predicted octanol–water partition coefficient (Wildman–Crippen LogP) is -0.608. The van der Waals surface area contributed by atoms with Crippen LogP contribution in [0.2, 0.25) is 0 Å². The lowest BCUT2D eigenvalue weighted by atomic mass is 10.4. The molecule has 1 unspecified atom stereocenters. The van der Waals surface area contributed by atoms with E-state index in [0.717, 1.165) is 0 Å². The van der Waals surface area contributed by atoms with Crippen molar-refractivity contribution in [3.8, 4) is 0 Å². The second kappa shape index (κ2) is 6.50. The first-order valence-corrected chi connectivity index (χ1v) is 4.86. The number of nitrogens with one attached hydrogen (secondary N) is 3. The summed E-state index contributed by atoms with van der Waals surface area (Å²) in [5.41, 5.74) is 0.0577. The van der Waals surface area contributed by atoms with E-state index in [1.165, 1.54) is 6.07 Å². The van der Waals surface area contributed by atoms with E-state index in [0.29, 0.717) is 5.69 Å². The maximum atomic E-state index is 11.3. The monoisotopic (exact) mass is 251 g/mol. The smallest absolute Gasteiger partial charge is 0.321 e. The van der Waals surface area contributed by atoms with Crippen molar-refractivity contribution >= 4 is 20.0 Å². The molecule has 1 heterocycles. The standard InChI is InChI=1S/C8H10BN5O4/c1-4-2-5(15)12-7(11-4)13-8(16)10-3-6(14-17)18-9/h2,6H,3H2,1H3,(H3,10,11,12,13,15,16). The minimum Gasteiger partial charge on any atom is -0.424 e. The highest BCUT2D eigenvalue weighted by Gasteiger charge is 2.09. The number of H-pyrrole nitrogens is 1. The molecule has 9 nitrogen and oxygen atoms in total. The fraction of sp³-hybridized carbons (Fsp3) is 0.375. The number of hydrogen-bond acceptors (Lipinski definition) is 6. The van der Waals surface area contributed by atoms with Gasteiger partial charge in [-0.2, -0.15) is 0 Å². The number of carbonyl (C=O) groups excluding carboxylic acids is 1. The van der Waals surface area contributed by atoms with E-state index >= 15 is 0 Å². The van der Waals surface area contributed by atoms with Crippen molar-refractivity contribution < 1.29 is 9.45 Å². The van der Waals surface area contributed by atoms with Gasteiger partial charge in [-0.15, -0.1) is 4.91 Å². The van der Waals surface area contributed by atoms with Crippen LogP contribution in [-0.2, 0) is 4.65 Å². The Labute approximate surface area is 103 Å². The topological polar surface area (TPSA) is 126 Å². The zero-order valence-corrected chi connectivity index (χ0v) is 9.47. The molecule has 10 heteroatoms. The summed E-state index contributed by atoms with van der Waals surface area (Å²) >= 11 is 0. The Hall–Kier alpha value is -2.23. The molecule has 18 heavy (non-hydrogen) atoms. The number of nitrogens with zero attached hydrogens (tertiary/aromatic N) is 2. The second-order valence-corrected chi connectivity index (χ2v) is 3.27. The van der Waals surface area contributed by atoms with E-state index in [-0.39, 0.29) is 12.5 Å². The highest BCUT2D eigenvalue weighted by molar-refractivity contribution is 5.98. The van der Waals surface area contributed by atoms with Gasteiger partial charge in [0.05, 0.1) is 6.54 Å². The van der Waals surface area contributed by atoms with Crippen molar-refractivity contribution in [1.82, 2.24) is 15.3 Å². The van der Waals surface area contributed by atoms with E-state index in [9.17, 15) is 14.5 Å². The average Bonchev–Trinajstić information content (AvgIpc) is 2.28. The maximum Gasteiger partial charge on any atom is 0.321 e. The Morgan fingerprint density at radius 3 is 3.00 bits per heavy atom. The van der Waals surface area contributed by atoms with Crippen LogP contribution in [0.5, 0.6) is 0 Å². The van der Waals surface area contributed by atoms with E-state index in [1.807, 2.05) is 0 Å². The number of aryl methyl sites for hydroxylation is 1. The van der Waals surface area contributed by atoms with Gasteiger partial charge in [-0.25, -0.2) is 9.78 Å². The van der Waals surface area contributed by atoms with Gasteiger partial charge in [0.1, 0.15) is 0 Å². The first kappa shape index (κ1) is 13.8. The number of anilines is 1. The molecule has 3 N–H and O–H groups in total. The predicted molar refractivity (Wildman–Crippen MR) is 63.0 cm³/mol. The molecule has 0 saturated heterocycles. The van der Waals surface area contributed by atoms with E-state index < -0.39 is 17.8 Å². The molecule has 0 spiro atoms. The van der Waals surface area contributed by atoms with Gasteiger partial charge < -0.3 is 9.97 Å². The van der Waals surface area contributed by atoms with Crippen LogP contribution in [0.3, 0.4) is 0 Å². The molecule has 0 fully saturated rings. The summed E-state index contributed by atoms with van der Waals surface area (Å²) in [7, 11) is 4.74. The van der Waals surface area contributed by atoms with Crippen LogP contribution >= 0.6 is 0 Å². The van der Waals surface area contributed by atoms with E-state index in [1.54, 1.807) is 6.92 Å². The van der Waals surface area contributed by atoms with Crippen molar-refractivity contribution in [2.45, 2.75) is 13.2 Å². The lowest BCUT2D eigenvalue weighted by molar-refractivity contribution is 0.218. The Bertz CT molecular complexity index is 491. The van der Waals surface area contributed by atoms with Crippen LogP contribution in [0, 0.1) is 11.8 Å². The minimum atomic E-state index is -1.18. The molecule has 1 atom stereocenters. The Balaban J connectivity index is 2.54. The molecular formula is C8H10BN5O4. The number of carbonyl (C=O) groups is 1. The van der Waals surface area contributed by atoms with Crippen molar-refractivity contribution in [3.05, 3.63) is 27.0 Å². The van der Waals surface area contributed by atoms with Gasteiger partial charge in [-0.1, -0.05) is 0 Å². The highest BCUT2D eigenvalue weighted by Crippen LogP contribution is 1.95. The van der Waals surface area contributed by atoms with Crippen molar-refractivity contribution in [1.29, 1.82) is 0 Å². The summed E-state index contributed by atoms with van der Waals surface area (Å²) in [5, 5.41) is 7.03. The summed E-state index contributed by atoms with van der Waals surface area (Å²) in [6.45, 7) is 1.40. The maximum absolute atomic E-state index is 11.3. The van der Waals surface area contributed by atoms with Gasteiger partial charge in [0, 0.05) is 11.8 Å². The van der Waals surface area contributed by atoms with Crippen molar-refractivity contribution in [2.24, 2.45) is 5.18 Å². The Morgan fingerprint density at radius 2 is 2.44 bits per heavy atom. The number of rotatable bonds is 5. The van der Waals surface area contributed by atoms with Gasteiger partial charge in [-0.3, -0.25) is 15.1 Å². The van der Waals surface area contributed by atoms with Gasteiger partial charge >= 0.3 is 6.03 Å². The van der Waals surface area contributed by atoms with E-state index in [4.69, 9.17) is 8.05 Å². The van der Waals surface area contributed by atoms with Gasteiger partial charge in [-0.05, 0) is 12.1 Å². The van der Waals surface area contributed by atoms with Gasteiger partial charge in [0.15, 0.2) is 6.23 Å². The molecule has 0 saturated carbocycles. The quantitative estimate of drug-likeness (QED) is 0.475. The number of hydrogen-bond donors (Lipinski definition) is 3. The number of urea groups is 1. The lowest BCUT2D eigenvalue weighted by Crippen LogP contribution is -2.36. The van der Waals surface area contributed by atoms with E-state index in [2.05, 4.69) is 30.4 Å². The normalized spacial score (nSPS) is 11.6. The average molecular weight is 251 g/mol. The fourth-order valence-electron chi connectivity index (χ4n) is 1.08.